The van der Waals surface area contributed by atoms with E-state index in [0.29, 0.717) is 5.92 Å². The first-order valence-corrected chi connectivity index (χ1v) is 7.54. The van der Waals surface area contributed by atoms with Crippen molar-refractivity contribution < 1.29 is 0 Å². The van der Waals surface area contributed by atoms with Crippen molar-refractivity contribution in [3.63, 3.8) is 0 Å². The molecule has 3 heteroatoms. The van der Waals surface area contributed by atoms with Crippen LogP contribution < -0.4 is 5.46 Å². The van der Waals surface area contributed by atoms with Gasteiger partial charge in [-0.3, -0.25) is 0 Å². The van der Waals surface area contributed by atoms with Gasteiger partial charge in [0.15, 0.2) is 7.28 Å². The normalized spacial score (nSPS) is 11.8. The Morgan fingerprint density at radius 3 is 2.32 bits per heavy atom. The molecular weight excluding hydrogens is 274 g/mol. The van der Waals surface area contributed by atoms with E-state index < -0.39 is 0 Å². The Morgan fingerprint density at radius 1 is 1.32 bits per heavy atom. The molecule has 0 nitrogen and oxygen atoms in total. The van der Waals surface area contributed by atoms with E-state index in [1.54, 1.807) is 0 Å². The molecule has 0 N–H and O–H groups in total. The maximum atomic E-state index is 6.30. The summed E-state index contributed by atoms with van der Waals surface area (Å²) in [5.41, 5.74) is 3.50. The van der Waals surface area contributed by atoms with Gasteiger partial charge in [0.25, 0.3) is 0 Å². The SMILES string of the molecule is C=C/C(=C\CCc1c(Cl)cc(BC)cc1Cl)C(C)C. The molecule has 0 aliphatic rings. The highest BCUT2D eigenvalue weighted by molar-refractivity contribution is 6.53. The Balaban J connectivity index is 2.81. The molecule has 0 spiro atoms. The summed E-state index contributed by atoms with van der Waals surface area (Å²) in [6, 6.07) is 4.03. The summed E-state index contributed by atoms with van der Waals surface area (Å²) < 4.78 is 0. The summed E-state index contributed by atoms with van der Waals surface area (Å²) in [7, 11) is 0.952. The van der Waals surface area contributed by atoms with Gasteiger partial charge in [-0.1, -0.05) is 73.6 Å². The van der Waals surface area contributed by atoms with Gasteiger partial charge in [0.05, 0.1) is 0 Å². The summed E-state index contributed by atoms with van der Waals surface area (Å²) in [4.78, 5) is 0. The van der Waals surface area contributed by atoms with Crippen LogP contribution in [0.5, 0.6) is 0 Å². The maximum absolute atomic E-state index is 6.30. The molecule has 0 atom stereocenters. The third-order valence-corrected chi connectivity index (χ3v) is 3.96. The fourth-order valence-corrected chi connectivity index (χ4v) is 2.76. The lowest BCUT2D eigenvalue weighted by atomic mass is 9.73. The number of allylic oxidation sites excluding steroid dienone is 3. The lowest BCUT2D eigenvalue weighted by Crippen LogP contribution is -2.11. The molecule has 0 heterocycles. The van der Waals surface area contributed by atoms with E-state index >= 15 is 0 Å². The molecular formula is C16H21BCl2. The van der Waals surface area contributed by atoms with Crippen LogP contribution in [0.1, 0.15) is 25.8 Å². The van der Waals surface area contributed by atoms with Crippen molar-refractivity contribution in [3.8, 4) is 0 Å². The maximum Gasteiger partial charge on any atom is 0.154 e. The van der Waals surface area contributed by atoms with Gasteiger partial charge in [-0.2, -0.15) is 0 Å². The van der Waals surface area contributed by atoms with E-state index in [0.717, 1.165) is 35.7 Å². The molecule has 0 amide bonds. The van der Waals surface area contributed by atoms with Gasteiger partial charge in [-0.05, 0) is 36.5 Å². The minimum atomic E-state index is 0.505. The highest BCUT2D eigenvalue weighted by Gasteiger charge is 2.07. The van der Waals surface area contributed by atoms with Crippen LogP contribution >= 0.6 is 23.2 Å². The molecule has 0 bridgehead atoms. The van der Waals surface area contributed by atoms with E-state index in [2.05, 4.69) is 33.3 Å². The quantitative estimate of drug-likeness (QED) is 0.522. The average molecular weight is 295 g/mol. The van der Waals surface area contributed by atoms with Crippen LogP contribution in [0, 0.1) is 5.92 Å². The van der Waals surface area contributed by atoms with Gasteiger partial charge >= 0.3 is 0 Å². The van der Waals surface area contributed by atoms with Gasteiger partial charge < -0.3 is 0 Å². The smallest absolute Gasteiger partial charge is 0.0988 e. The summed E-state index contributed by atoms with van der Waals surface area (Å²) in [5.74, 6) is 0.505. The number of hydrogen-bond donors (Lipinski definition) is 0. The third-order valence-electron chi connectivity index (χ3n) is 3.29. The first-order valence-electron chi connectivity index (χ1n) is 6.78. The standard InChI is InChI=1S/C16H21BCl2/c1-5-12(11(2)3)7-6-8-14-15(18)9-13(17-4)10-16(14)19/h5,7,9-11,17H,1,6,8H2,2-4H3/b12-7+. The van der Waals surface area contributed by atoms with Gasteiger partial charge in [0.2, 0.25) is 0 Å². The van der Waals surface area contributed by atoms with E-state index in [-0.39, 0.29) is 0 Å². The van der Waals surface area contributed by atoms with Crippen molar-refractivity contribution in [3.05, 3.63) is 52.0 Å². The molecule has 19 heavy (non-hydrogen) atoms. The second kappa shape index (κ2) is 7.82. The fourth-order valence-electron chi connectivity index (χ4n) is 2.04. The minimum absolute atomic E-state index is 0.505. The molecule has 1 rings (SSSR count). The highest BCUT2D eigenvalue weighted by atomic mass is 35.5. The largest absolute Gasteiger partial charge is 0.154 e. The van der Waals surface area contributed by atoms with Crippen molar-refractivity contribution in [2.45, 2.75) is 33.5 Å². The van der Waals surface area contributed by atoms with Gasteiger partial charge in [0, 0.05) is 10.0 Å². The molecule has 0 saturated heterocycles. The molecule has 0 saturated carbocycles. The van der Waals surface area contributed by atoms with Gasteiger partial charge in [-0.15, -0.1) is 0 Å². The Hall–Kier alpha value is -0.655. The minimum Gasteiger partial charge on any atom is -0.0988 e. The van der Waals surface area contributed by atoms with Crippen molar-refractivity contribution >= 4 is 35.9 Å². The average Bonchev–Trinajstić information content (AvgIpc) is 2.36. The zero-order valence-corrected chi connectivity index (χ0v) is 13.5. The van der Waals surface area contributed by atoms with Crippen LogP contribution in [-0.2, 0) is 6.42 Å². The molecule has 0 radical (unpaired) electrons. The van der Waals surface area contributed by atoms with Gasteiger partial charge in [-0.25, -0.2) is 0 Å². The molecule has 1 aromatic rings. The number of hydrogen-bond acceptors (Lipinski definition) is 0. The van der Waals surface area contributed by atoms with E-state index in [4.69, 9.17) is 23.2 Å². The zero-order chi connectivity index (χ0) is 14.4. The summed E-state index contributed by atoms with van der Waals surface area (Å²) >= 11 is 12.6. The monoisotopic (exact) mass is 294 g/mol. The van der Waals surface area contributed by atoms with Gasteiger partial charge in [0.1, 0.15) is 0 Å². The summed E-state index contributed by atoms with van der Waals surface area (Å²) in [6.07, 6.45) is 5.95. The molecule has 102 valence electrons. The van der Waals surface area contributed by atoms with Crippen molar-refractivity contribution in [1.82, 2.24) is 0 Å². The highest BCUT2D eigenvalue weighted by Crippen LogP contribution is 2.25. The summed E-state index contributed by atoms with van der Waals surface area (Å²) in [5, 5.41) is 1.56. The van der Waals surface area contributed by atoms with Crippen molar-refractivity contribution in [2.24, 2.45) is 5.92 Å². The Kier molecular flexibility index (Phi) is 6.75. The van der Waals surface area contributed by atoms with Crippen LogP contribution in [-0.4, -0.2) is 7.28 Å². The van der Waals surface area contributed by atoms with Crippen LogP contribution in [0.25, 0.3) is 0 Å². The van der Waals surface area contributed by atoms with Crippen LogP contribution in [0.4, 0.5) is 0 Å². The topological polar surface area (TPSA) is 0 Å². The number of rotatable bonds is 6. The second-order valence-corrected chi connectivity index (χ2v) is 5.81. The van der Waals surface area contributed by atoms with E-state index in [1.165, 1.54) is 11.0 Å². The Labute approximate surface area is 127 Å². The number of benzene rings is 1. The van der Waals surface area contributed by atoms with E-state index in [9.17, 15) is 0 Å². The molecule has 0 unspecified atom stereocenters. The molecule has 0 aliphatic heterocycles. The van der Waals surface area contributed by atoms with Crippen molar-refractivity contribution in [2.75, 3.05) is 0 Å². The first kappa shape index (κ1) is 16.4. The molecule has 0 fully saturated rings. The summed E-state index contributed by atoms with van der Waals surface area (Å²) in [6.45, 7) is 10.3. The molecule has 0 aromatic heterocycles. The van der Waals surface area contributed by atoms with Crippen LogP contribution in [0.3, 0.4) is 0 Å². The second-order valence-electron chi connectivity index (χ2n) is 4.99. The third kappa shape index (κ3) is 4.74. The van der Waals surface area contributed by atoms with Crippen molar-refractivity contribution in [1.29, 1.82) is 0 Å². The predicted molar refractivity (Wildman–Crippen MR) is 90.5 cm³/mol. The lowest BCUT2D eigenvalue weighted by molar-refractivity contribution is 0.782. The van der Waals surface area contributed by atoms with E-state index in [1.807, 2.05) is 18.2 Å². The predicted octanol–water partition coefficient (Wildman–Crippen LogP) is 4.80. The Bertz CT molecular complexity index is 453. The zero-order valence-electron chi connectivity index (χ0n) is 12.0. The Morgan fingerprint density at radius 2 is 1.89 bits per heavy atom. The lowest BCUT2D eigenvalue weighted by Gasteiger charge is -2.09. The number of halogens is 2. The fraction of sp³-hybridized carbons (Fsp3) is 0.375. The molecule has 0 aliphatic carbocycles. The van der Waals surface area contributed by atoms with Crippen LogP contribution in [0.2, 0.25) is 16.9 Å². The molecule has 1 aromatic carbocycles. The van der Waals surface area contributed by atoms with Crippen LogP contribution in [0.15, 0.2) is 36.4 Å². The first-order chi connectivity index (χ1) is 8.99.